The van der Waals surface area contributed by atoms with Gasteiger partial charge in [0.25, 0.3) is 0 Å². The smallest absolute Gasteiger partial charge is 0.163 e. The number of nitrogens with zero attached hydrogens (tertiary/aromatic N) is 4. The Bertz CT molecular complexity index is 808. The van der Waals surface area contributed by atoms with Gasteiger partial charge in [-0.25, -0.2) is 14.1 Å². The van der Waals surface area contributed by atoms with E-state index in [1.165, 1.54) is 12.1 Å². The number of fused-ring (bicyclic) bond motifs is 1. The molecule has 0 saturated carbocycles. The van der Waals surface area contributed by atoms with Gasteiger partial charge in [0.05, 0.1) is 17.3 Å². The maximum atomic E-state index is 13.3. The first kappa shape index (κ1) is 13.8. The summed E-state index contributed by atoms with van der Waals surface area (Å²) in [5, 5.41) is 4.37. The number of hydrogen-bond donors (Lipinski definition) is 0. The van der Waals surface area contributed by atoms with Gasteiger partial charge in [0.15, 0.2) is 5.65 Å². The summed E-state index contributed by atoms with van der Waals surface area (Å²) in [6, 6.07) is 4.66. The van der Waals surface area contributed by atoms with Crippen LogP contribution in [0, 0.1) is 16.3 Å². The largest absolute Gasteiger partial charge is 0.279 e. The summed E-state index contributed by atoms with van der Waals surface area (Å²) in [4.78, 5) is 4.54. The Morgan fingerprint density at radius 2 is 2.15 bits per heavy atom. The molecule has 20 heavy (non-hydrogen) atoms. The van der Waals surface area contributed by atoms with Crippen LogP contribution in [0.5, 0.6) is 0 Å². The molecule has 4 nitrogen and oxygen atoms in total. The van der Waals surface area contributed by atoms with E-state index < -0.39 is 0 Å². The van der Waals surface area contributed by atoms with Crippen LogP contribution in [0.1, 0.15) is 11.5 Å². The van der Waals surface area contributed by atoms with Crippen LogP contribution in [0.25, 0.3) is 16.9 Å². The van der Waals surface area contributed by atoms with Crippen molar-refractivity contribution < 1.29 is 4.39 Å². The monoisotopic (exact) mass is 404 g/mol. The molecule has 0 bridgehead atoms. The van der Waals surface area contributed by atoms with E-state index in [0.29, 0.717) is 0 Å². The molecule has 0 N–H and O–H groups in total. The maximum absolute atomic E-state index is 13.3. The van der Waals surface area contributed by atoms with Gasteiger partial charge < -0.3 is 0 Å². The molecular formula is C13H11ClFIN4. The van der Waals surface area contributed by atoms with Crippen LogP contribution >= 0.6 is 34.2 Å². The van der Waals surface area contributed by atoms with Crippen molar-refractivity contribution in [1.29, 1.82) is 0 Å². The summed E-state index contributed by atoms with van der Waals surface area (Å²) in [5.74, 6) is 0.743. The fourth-order valence-corrected chi connectivity index (χ4v) is 3.22. The molecule has 0 aliphatic heterocycles. The third kappa shape index (κ3) is 2.01. The van der Waals surface area contributed by atoms with Gasteiger partial charge in [-0.15, -0.1) is 11.6 Å². The van der Waals surface area contributed by atoms with E-state index in [1.54, 1.807) is 10.7 Å². The lowest BCUT2D eigenvalue weighted by molar-refractivity contribution is 0.626. The summed E-state index contributed by atoms with van der Waals surface area (Å²) in [6.07, 6.45) is 0. The van der Waals surface area contributed by atoms with Crippen molar-refractivity contribution in [1.82, 2.24) is 19.3 Å². The van der Waals surface area contributed by atoms with Crippen molar-refractivity contribution >= 4 is 45.4 Å². The average Bonchev–Trinajstić information content (AvgIpc) is 2.89. The van der Waals surface area contributed by atoms with Gasteiger partial charge in [-0.2, -0.15) is 5.10 Å². The van der Waals surface area contributed by atoms with Crippen molar-refractivity contribution in [3.63, 3.8) is 0 Å². The molecule has 0 radical (unpaired) electrons. The highest BCUT2D eigenvalue weighted by atomic mass is 127. The Labute approximate surface area is 133 Å². The number of imidazole rings is 1. The van der Waals surface area contributed by atoms with Crippen LogP contribution in [0.3, 0.4) is 0 Å². The van der Waals surface area contributed by atoms with E-state index >= 15 is 0 Å². The second-order valence-electron chi connectivity index (χ2n) is 4.47. The number of aryl methyl sites for hydroxylation is 2. The molecule has 2 heterocycles. The molecule has 7 heteroatoms. The third-order valence-corrected chi connectivity index (χ3v) is 4.25. The topological polar surface area (TPSA) is 35.6 Å². The summed E-state index contributed by atoms with van der Waals surface area (Å²) < 4.78 is 17.8. The molecule has 3 aromatic rings. The Morgan fingerprint density at radius 1 is 1.40 bits per heavy atom. The summed E-state index contributed by atoms with van der Waals surface area (Å²) >= 11 is 8.12. The summed E-state index contributed by atoms with van der Waals surface area (Å²) in [5.41, 5.74) is 3.39. The molecule has 3 rings (SSSR count). The van der Waals surface area contributed by atoms with Gasteiger partial charge >= 0.3 is 0 Å². The molecule has 2 aromatic heterocycles. The van der Waals surface area contributed by atoms with Crippen molar-refractivity contribution in [2.24, 2.45) is 7.05 Å². The van der Waals surface area contributed by atoms with Gasteiger partial charge in [-0.3, -0.25) is 4.57 Å². The van der Waals surface area contributed by atoms with Crippen LogP contribution < -0.4 is 0 Å². The fourth-order valence-electron chi connectivity index (χ4n) is 2.32. The standard InChI is InChI=1S/C13H11ClFIN4/c1-7-12-13(19(2)18-7)20(11(6-14)17-12)10-4-3-8(15)5-9(10)16/h3-5H,6H2,1-2H3. The summed E-state index contributed by atoms with van der Waals surface area (Å²) in [7, 11) is 1.86. The number of alkyl halides is 1. The molecule has 0 saturated heterocycles. The number of benzene rings is 1. The molecular weight excluding hydrogens is 394 g/mol. The zero-order valence-corrected chi connectivity index (χ0v) is 13.8. The van der Waals surface area contributed by atoms with Gasteiger partial charge in [-0.1, -0.05) is 0 Å². The minimum Gasteiger partial charge on any atom is -0.279 e. The quantitative estimate of drug-likeness (QED) is 0.484. The second-order valence-corrected chi connectivity index (χ2v) is 5.90. The van der Waals surface area contributed by atoms with Gasteiger partial charge in [-0.05, 0) is 47.7 Å². The zero-order chi connectivity index (χ0) is 14.4. The second kappa shape index (κ2) is 5.00. The molecule has 0 amide bonds. The predicted octanol–water partition coefficient (Wildman–Crippen LogP) is 3.55. The maximum Gasteiger partial charge on any atom is 0.163 e. The molecule has 0 atom stereocenters. The fraction of sp³-hybridized carbons (Fsp3) is 0.231. The van der Waals surface area contributed by atoms with E-state index in [0.717, 1.165) is 31.9 Å². The molecule has 0 aliphatic rings. The van der Waals surface area contributed by atoms with E-state index in [2.05, 4.69) is 32.7 Å². The molecule has 1 aromatic carbocycles. The number of halogens is 3. The van der Waals surface area contributed by atoms with Crippen molar-refractivity contribution in [2.75, 3.05) is 0 Å². The highest BCUT2D eigenvalue weighted by Crippen LogP contribution is 2.27. The Morgan fingerprint density at radius 3 is 2.80 bits per heavy atom. The van der Waals surface area contributed by atoms with Crippen molar-refractivity contribution in [2.45, 2.75) is 12.8 Å². The highest BCUT2D eigenvalue weighted by molar-refractivity contribution is 14.1. The molecule has 104 valence electrons. The minimum atomic E-state index is -0.261. The van der Waals surface area contributed by atoms with Crippen LogP contribution in [-0.2, 0) is 12.9 Å². The normalized spacial score (nSPS) is 11.4. The predicted molar refractivity (Wildman–Crippen MR) is 84.8 cm³/mol. The van der Waals surface area contributed by atoms with Gasteiger partial charge in [0.2, 0.25) is 0 Å². The molecule has 0 unspecified atom stereocenters. The first-order valence-electron chi connectivity index (χ1n) is 5.95. The van der Waals surface area contributed by atoms with E-state index in [4.69, 9.17) is 11.6 Å². The Kier molecular flexibility index (Phi) is 3.45. The van der Waals surface area contributed by atoms with Crippen LogP contribution in [0.15, 0.2) is 18.2 Å². The number of aromatic nitrogens is 4. The van der Waals surface area contributed by atoms with Crippen LogP contribution in [-0.4, -0.2) is 19.3 Å². The lowest BCUT2D eigenvalue weighted by Crippen LogP contribution is -2.06. The van der Waals surface area contributed by atoms with E-state index in [1.807, 2.05) is 18.5 Å². The van der Waals surface area contributed by atoms with Crippen LogP contribution in [0.4, 0.5) is 4.39 Å². The Hall–Kier alpha value is -1.15. The minimum absolute atomic E-state index is 0.261. The molecule has 0 spiro atoms. The number of hydrogen-bond acceptors (Lipinski definition) is 2. The lowest BCUT2D eigenvalue weighted by Gasteiger charge is -2.10. The van der Waals surface area contributed by atoms with Crippen molar-refractivity contribution in [3.8, 4) is 5.69 Å². The zero-order valence-electron chi connectivity index (χ0n) is 10.9. The van der Waals surface area contributed by atoms with Crippen LogP contribution in [0.2, 0.25) is 0 Å². The average molecular weight is 405 g/mol. The SMILES string of the molecule is Cc1nn(C)c2c1nc(CCl)n2-c1ccc(F)cc1I. The number of rotatable bonds is 2. The first-order valence-corrected chi connectivity index (χ1v) is 7.56. The highest BCUT2D eigenvalue weighted by Gasteiger charge is 2.19. The van der Waals surface area contributed by atoms with E-state index in [-0.39, 0.29) is 11.7 Å². The lowest BCUT2D eigenvalue weighted by atomic mass is 10.3. The first-order chi connectivity index (χ1) is 9.52. The molecule has 0 aliphatic carbocycles. The van der Waals surface area contributed by atoms with Gasteiger partial charge in [0, 0.05) is 10.6 Å². The van der Waals surface area contributed by atoms with Gasteiger partial charge in [0.1, 0.15) is 17.2 Å². The van der Waals surface area contributed by atoms with E-state index in [9.17, 15) is 4.39 Å². The third-order valence-electron chi connectivity index (χ3n) is 3.14. The Balaban J connectivity index is 2.39. The molecule has 0 fully saturated rings. The van der Waals surface area contributed by atoms with Crippen molar-refractivity contribution in [3.05, 3.63) is 39.1 Å². The summed E-state index contributed by atoms with van der Waals surface area (Å²) in [6.45, 7) is 1.91.